The van der Waals surface area contributed by atoms with Crippen LogP contribution in [0.2, 0.25) is 0 Å². The van der Waals surface area contributed by atoms with Crippen molar-refractivity contribution in [1.29, 1.82) is 0 Å². The Hall–Kier alpha value is -2.11. The van der Waals surface area contributed by atoms with E-state index >= 15 is 0 Å². The highest BCUT2D eigenvalue weighted by Crippen LogP contribution is 2.12. The molecule has 0 atom stereocenters. The van der Waals surface area contributed by atoms with E-state index < -0.39 is 5.97 Å². The smallest absolute Gasteiger partial charge is 0.340 e. The minimum atomic E-state index is -0.455. The van der Waals surface area contributed by atoms with Crippen LogP contribution in [0.25, 0.3) is 0 Å². The van der Waals surface area contributed by atoms with Gasteiger partial charge in [0.1, 0.15) is 0 Å². The molecule has 1 aromatic rings. The number of nitrogens with zero attached hydrogens (tertiary/aromatic N) is 1. The summed E-state index contributed by atoms with van der Waals surface area (Å²) in [6.45, 7) is 3.75. The molecular formula is C12H18N2O4. The normalized spacial score (nSPS) is 8.89. The molecule has 6 nitrogen and oxygen atoms in total. The molecule has 1 amide bonds. The van der Waals surface area contributed by atoms with Gasteiger partial charge in [0.15, 0.2) is 6.29 Å². The van der Waals surface area contributed by atoms with Gasteiger partial charge in [-0.25, -0.2) is 4.79 Å². The molecule has 6 heteroatoms. The standard InChI is InChI=1S/C9H11NO3.C3H7NO/c1-3-13-9(12)8-6(2)10-4-7(8)5-11;1-4(2)3-5/h4-5,10H,3H2,1-2H3;3H,1-2H3. The lowest BCUT2D eigenvalue weighted by molar-refractivity contribution is -0.115. The van der Waals surface area contributed by atoms with Crippen LogP contribution in [-0.2, 0) is 9.53 Å². The molecule has 1 heterocycles. The van der Waals surface area contributed by atoms with Crippen molar-refractivity contribution in [2.45, 2.75) is 13.8 Å². The third-order valence-corrected chi connectivity index (χ3v) is 1.93. The van der Waals surface area contributed by atoms with Crippen molar-refractivity contribution in [2.24, 2.45) is 0 Å². The summed E-state index contributed by atoms with van der Waals surface area (Å²) < 4.78 is 4.79. The summed E-state index contributed by atoms with van der Waals surface area (Å²) >= 11 is 0. The first-order chi connectivity index (χ1) is 8.47. The largest absolute Gasteiger partial charge is 0.462 e. The number of hydrogen-bond acceptors (Lipinski definition) is 4. The molecule has 1 aromatic heterocycles. The fourth-order valence-electron chi connectivity index (χ4n) is 1.11. The van der Waals surface area contributed by atoms with Crippen molar-refractivity contribution in [3.63, 3.8) is 0 Å². The molecule has 0 radical (unpaired) electrons. The van der Waals surface area contributed by atoms with E-state index in [1.807, 2.05) is 0 Å². The zero-order chi connectivity index (χ0) is 14.1. The highest BCUT2D eigenvalue weighted by atomic mass is 16.5. The van der Waals surface area contributed by atoms with Gasteiger partial charge in [-0.2, -0.15) is 0 Å². The third-order valence-electron chi connectivity index (χ3n) is 1.93. The third kappa shape index (κ3) is 4.82. The topological polar surface area (TPSA) is 79.5 Å². The fraction of sp³-hybridized carbons (Fsp3) is 0.417. The summed E-state index contributed by atoms with van der Waals surface area (Å²) in [4.78, 5) is 35.5. The molecule has 0 fully saturated rings. The Kier molecular flexibility index (Phi) is 7.11. The summed E-state index contributed by atoms with van der Waals surface area (Å²) in [5, 5.41) is 0. The molecule has 100 valence electrons. The zero-order valence-electron chi connectivity index (χ0n) is 11.0. The Bertz CT molecular complexity index is 410. The van der Waals surface area contributed by atoms with Crippen LogP contribution in [0.3, 0.4) is 0 Å². The van der Waals surface area contributed by atoms with Gasteiger partial charge in [-0.1, -0.05) is 0 Å². The van der Waals surface area contributed by atoms with Gasteiger partial charge in [0.2, 0.25) is 6.41 Å². The Morgan fingerprint density at radius 1 is 1.44 bits per heavy atom. The van der Waals surface area contributed by atoms with Gasteiger partial charge in [0.05, 0.1) is 12.2 Å². The maximum atomic E-state index is 11.3. The van der Waals surface area contributed by atoms with Gasteiger partial charge in [-0.05, 0) is 13.8 Å². The number of aryl methyl sites for hydroxylation is 1. The molecule has 0 saturated carbocycles. The molecular weight excluding hydrogens is 236 g/mol. The molecule has 0 aliphatic carbocycles. The number of hydrogen-bond donors (Lipinski definition) is 1. The second-order valence-corrected chi connectivity index (χ2v) is 3.65. The van der Waals surface area contributed by atoms with E-state index in [9.17, 15) is 14.4 Å². The summed E-state index contributed by atoms with van der Waals surface area (Å²) in [7, 11) is 3.38. The van der Waals surface area contributed by atoms with E-state index in [1.54, 1.807) is 27.9 Å². The molecule has 1 rings (SSSR count). The van der Waals surface area contributed by atoms with Crippen molar-refractivity contribution >= 4 is 18.7 Å². The van der Waals surface area contributed by atoms with Crippen molar-refractivity contribution in [2.75, 3.05) is 20.7 Å². The number of esters is 1. The quantitative estimate of drug-likeness (QED) is 0.642. The minimum Gasteiger partial charge on any atom is -0.462 e. The van der Waals surface area contributed by atoms with E-state index in [0.717, 1.165) is 6.41 Å². The SMILES string of the molecule is CCOC(=O)c1c(C=O)c[nH]c1C.CN(C)C=O. The lowest BCUT2D eigenvalue weighted by atomic mass is 10.2. The van der Waals surface area contributed by atoms with E-state index in [1.165, 1.54) is 11.1 Å². The van der Waals surface area contributed by atoms with E-state index in [-0.39, 0.29) is 0 Å². The highest BCUT2D eigenvalue weighted by molar-refractivity contribution is 5.99. The summed E-state index contributed by atoms with van der Waals surface area (Å²) in [6, 6.07) is 0. The number of aromatic nitrogens is 1. The van der Waals surface area contributed by atoms with Gasteiger partial charge < -0.3 is 14.6 Å². The number of ether oxygens (including phenoxy) is 1. The maximum absolute atomic E-state index is 11.3. The lowest BCUT2D eigenvalue weighted by Gasteiger charge is -2.00. The van der Waals surface area contributed by atoms with Crippen molar-refractivity contribution in [3.05, 3.63) is 23.0 Å². The van der Waals surface area contributed by atoms with E-state index in [4.69, 9.17) is 4.74 Å². The van der Waals surface area contributed by atoms with Crippen LogP contribution in [0.1, 0.15) is 33.3 Å². The van der Waals surface area contributed by atoms with Crippen LogP contribution in [0.4, 0.5) is 0 Å². The molecule has 18 heavy (non-hydrogen) atoms. The van der Waals surface area contributed by atoms with Crippen LogP contribution < -0.4 is 0 Å². The summed E-state index contributed by atoms with van der Waals surface area (Å²) in [5.74, 6) is -0.455. The molecule has 0 unspecified atom stereocenters. The molecule has 0 aromatic carbocycles. The summed E-state index contributed by atoms with van der Waals surface area (Å²) in [5.41, 5.74) is 1.33. The number of aromatic amines is 1. The van der Waals surface area contributed by atoms with Gasteiger partial charge in [-0.3, -0.25) is 9.59 Å². The number of rotatable bonds is 4. The maximum Gasteiger partial charge on any atom is 0.340 e. The molecule has 0 spiro atoms. The monoisotopic (exact) mass is 254 g/mol. The van der Waals surface area contributed by atoms with Crippen LogP contribution >= 0.6 is 0 Å². The number of H-pyrrole nitrogens is 1. The number of carbonyl (C=O) groups is 3. The molecule has 1 N–H and O–H groups in total. The van der Waals surface area contributed by atoms with Gasteiger partial charge in [0, 0.05) is 31.5 Å². The fourth-order valence-corrected chi connectivity index (χ4v) is 1.11. The number of carbonyl (C=O) groups excluding carboxylic acids is 3. The number of amides is 1. The first-order valence-corrected chi connectivity index (χ1v) is 5.39. The van der Waals surface area contributed by atoms with Crippen molar-refractivity contribution < 1.29 is 19.1 Å². The zero-order valence-corrected chi connectivity index (χ0v) is 11.0. The van der Waals surface area contributed by atoms with Gasteiger partial charge in [0.25, 0.3) is 0 Å². The van der Waals surface area contributed by atoms with Crippen LogP contribution in [0, 0.1) is 6.92 Å². The van der Waals surface area contributed by atoms with Crippen molar-refractivity contribution in [3.8, 4) is 0 Å². The van der Waals surface area contributed by atoms with E-state index in [2.05, 4.69) is 4.98 Å². The predicted octanol–water partition coefficient (Wildman–Crippen LogP) is 1.02. The second kappa shape index (κ2) is 8.05. The van der Waals surface area contributed by atoms with Crippen LogP contribution in [0.15, 0.2) is 6.20 Å². The first kappa shape index (κ1) is 15.9. The predicted molar refractivity (Wildman–Crippen MR) is 66.6 cm³/mol. The average Bonchev–Trinajstić information content (AvgIpc) is 2.71. The molecule has 0 saturated heterocycles. The van der Waals surface area contributed by atoms with Crippen LogP contribution in [-0.4, -0.2) is 49.3 Å². The highest BCUT2D eigenvalue weighted by Gasteiger charge is 2.16. The summed E-state index contributed by atoms with van der Waals surface area (Å²) in [6.07, 6.45) is 2.88. The number of aldehydes is 1. The number of nitrogens with one attached hydrogen (secondary N) is 1. The van der Waals surface area contributed by atoms with Gasteiger partial charge in [-0.15, -0.1) is 0 Å². The second-order valence-electron chi connectivity index (χ2n) is 3.65. The van der Waals surface area contributed by atoms with E-state index in [0.29, 0.717) is 29.7 Å². The Morgan fingerprint density at radius 3 is 2.39 bits per heavy atom. The Morgan fingerprint density at radius 2 is 2.00 bits per heavy atom. The minimum absolute atomic E-state index is 0.307. The Balaban J connectivity index is 0.000000494. The molecule has 0 aliphatic heterocycles. The average molecular weight is 254 g/mol. The molecule has 0 bridgehead atoms. The lowest BCUT2D eigenvalue weighted by Crippen LogP contribution is -2.07. The molecule has 0 aliphatic rings. The first-order valence-electron chi connectivity index (χ1n) is 5.39. The van der Waals surface area contributed by atoms with Crippen LogP contribution in [0.5, 0.6) is 0 Å². The Labute approximate surface area is 106 Å². The van der Waals surface area contributed by atoms with Crippen molar-refractivity contribution in [1.82, 2.24) is 9.88 Å². The van der Waals surface area contributed by atoms with Gasteiger partial charge >= 0.3 is 5.97 Å².